The van der Waals surface area contributed by atoms with Gasteiger partial charge in [0.1, 0.15) is 11.5 Å². The van der Waals surface area contributed by atoms with E-state index in [4.69, 9.17) is 9.47 Å². The molecule has 0 spiro atoms. The van der Waals surface area contributed by atoms with Crippen LogP contribution in [0.5, 0.6) is 11.5 Å². The summed E-state index contributed by atoms with van der Waals surface area (Å²) in [6.07, 6.45) is 0.343. The Bertz CT molecular complexity index is 719. The topological polar surface area (TPSA) is 59.6 Å². The Morgan fingerprint density at radius 1 is 1.08 bits per heavy atom. The first-order valence-electron chi connectivity index (χ1n) is 7.55. The Kier molecular flexibility index (Phi) is 6.49. The fourth-order valence-electron chi connectivity index (χ4n) is 2.19. The summed E-state index contributed by atoms with van der Waals surface area (Å²) in [5.74, 6) is 1.34. The van der Waals surface area contributed by atoms with Crippen LogP contribution in [0.25, 0.3) is 0 Å². The van der Waals surface area contributed by atoms with Crippen LogP contribution >= 0.6 is 15.9 Å². The average Bonchev–Trinajstić information content (AvgIpc) is 2.57. The Labute approximate surface area is 150 Å². The third kappa shape index (κ3) is 4.89. The number of amides is 1. The molecule has 0 aliphatic carbocycles. The minimum Gasteiger partial charge on any atom is -0.497 e. The molecule has 0 radical (unpaired) electrons. The molecule has 1 amide bonds. The van der Waals surface area contributed by atoms with Crippen molar-refractivity contribution in [2.75, 3.05) is 31.4 Å². The molecule has 0 bridgehead atoms. The number of methoxy groups -OCH3 is 2. The van der Waals surface area contributed by atoms with E-state index in [-0.39, 0.29) is 5.91 Å². The summed E-state index contributed by atoms with van der Waals surface area (Å²) < 4.78 is 11.4. The van der Waals surface area contributed by atoms with Crippen LogP contribution in [-0.2, 0) is 4.79 Å². The molecule has 2 N–H and O–H groups in total. The van der Waals surface area contributed by atoms with Gasteiger partial charge in [-0.15, -0.1) is 0 Å². The van der Waals surface area contributed by atoms with Crippen molar-refractivity contribution in [1.29, 1.82) is 0 Å². The van der Waals surface area contributed by atoms with E-state index in [1.807, 2.05) is 37.3 Å². The molecule has 0 aliphatic rings. The zero-order chi connectivity index (χ0) is 17.5. The fourth-order valence-corrected chi connectivity index (χ4v) is 2.78. The summed E-state index contributed by atoms with van der Waals surface area (Å²) in [5.41, 5.74) is 2.73. The first kappa shape index (κ1) is 18.1. The monoisotopic (exact) mass is 392 g/mol. The summed E-state index contributed by atoms with van der Waals surface area (Å²) in [4.78, 5) is 12.1. The predicted octanol–water partition coefficient (Wildman–Crippen LogP) is 4.22. The van der Waals surface area contributed by atoms with Crippen LogP contribution in [-0.4, -0.2) is 26.7 Å². The highest BCUT2D eigenvalue weighted by Crippen LogP contribution is 2.29. The molecule has 0 unspecified atom stereocenters. The number of nitrogens with one attached hydrogen (secondary N) is 2. The minimum atomic E-state index is -0.0560. The van der Waals surface area contributed by atoms with Gasteiger partial charge in [0, 0.05) is 23.5 Å². The van der Waals surface area contributed by atoms with Crippen molar-refractivity contribution in [2.24, 2.45) is 0 Å². The van der Waals surface area contributed by atoms with Crippen LogP contribution in [0.4, 0.5) is 11.4 Å². The number of carbonyl (C=O) groups excluding carboxylic acids is 1. The van der Waals surface area contributed by atoms with Crippen molar-refractivity contribution in [2.45, 2.75) is 13.3 Å². The fraction of sp³-hybridized carbons (Fsp3) is 0.278. The van der Waals surface area contributed by atoms with Gasteiger partial charge in [-0.05, 0) is 52.7 Å². The van der Waals surface area contributed by atoms with Gasteiger partial charge < -0.3 is 20.1 Å². The number of benzene rings is 2. The molecule has 0 aliphatic heterocycles. The van der Waals surface area contributed by atoms with Crippen molar-refractivity contribution in [3.05, 3.63) is 46.4 Å². The molecular formula is C18H21BrN2O3. The number of ether oxygens (including phenoxy) is 2. The Morgan fingerprint density at radius 2 is 1.83 bits per heavy atom. The molecule has 0 heterocycles. The lowest BCUT2D eigenvalue weighted by Crippen LogP contribution is -2.16. The van der Waals surface area contributed by atoms with Crippen molar-refractivity contribution in [1.82, 2.24) is 0 Å². The summed E-state index contributed by atoms with van der Waals surface area (Å²) in [7, 11) is 3.21. The van der Waals surface area contributed by atoms with Gasteiger partial charge in [0.15, 0.2) is 0 Å². The summed E-state index contributed by atoms with van der Waals surface area (Å²) in [6, 6.07) is 11.3. The van der Waals surface area contributed by atoms with Gasteiger partial charge >= 0.3 is 0 Å². The second-order valence-electron chi connectivity index (χ2n) is 5.27. The maximum absolute atomic E-state index is 12.1. The third-order valence-corrected chi connectivity index (χ3v) is 4.13. The van der Waals surface area contributed by atoms with E-state index >= 15 is 0 Å². The van der Waals surface area contributed by atoms with Crippen molar-refractivity contribution < 1.29 is 14.3 Å². The van der Waals surface area contributed by atoms with E-state index in [1.54, 1.807) is 20.3 Å². The molecule has 0 aromatic heterocycles. The molecular weight excluding hydrogens is 372 g/mol. The number of carbonyl (C=O) groups is 1. The van der Waals surface area contributed by atoms with Gasteiger partial charge in [0.25, 0.3) is 0 Å². The highest BCUT2D eigenvalue weighted by molar-refractivity contribution is 9.10. The smallest absolute Gasteiger partial charge is 0.226 e. The number of hydrogen-bond acceptors (Lipinski definition) is 4. The standard InChI is InChI=1S/C18H21BrN2O3/c1-12-4-6-15(14(19)10-12)21-18(22)8-9-20-16-7-5-13(23-2)11-17(16)24-3/h4-7,10-11,20H,8-9H2,1-3H3,(H,21,22). The van der Waals surface area contributed by atoms with E-state index in [2.05, 4.69) is 26.6 Å². The van der Waals surface area contributed by atoms with Gasteiger partial charge in [0.05, 0.1) is 25.6 Å². The third-order valence-electron chi connectivity index (χ3n) is 3.47. The van der Waals surface area contributed by atoms with Crippen LogP contribution in [0.2, 0.25) is 0 Å². The lowest BCUT2D eigenvalue weighted by molar-refractivity contribution is -0.115. The molecule has 2 aromatic rings. The highest BCUT2D eigenvalue weighted by Gasteiger charge is 2.08. The molecule has 0 fully saturated rings. The molecule has 24 heavy (non-hydrogen) atoms. The normalized spacial score (nSPS) is 10.2. The van der Waals surface area contributed by atoms with Gasteiger partial charge in [-0.1, -0.05) is 6.07 Å². The van der Waals surface area contributed by atoms with Crippen LogP contribution in [0.15, 0.2) is 40.9 Å². The van der Waals surface area contributed by atoms with E-state index in [9.17, 15) is 4.79 Å². The first-order valence-corrected chi connectivity index (χ1v) is 8.34. The quantitative estimate of drug-likeness (QED) is 0.740. The maximum atomic E-state index is 12.1. The molecule has 0 atom stereocenters. The van der Waals surface area contributed by atoms with Gasteiger partial charge in [-0.25, -0.2) is 0 Å². The van der Waals surface area contributed by atoms with Gasteiger partial charge in [-0.3, -0.25) is 4.79 Å². The number of aryl methyl sites for hydroxylation is 1. The predicted molar refractivity (Wildman–Crippen MR) is 100 cm³/mol. The first-order chi connectivity index (χ1) is 11.5. The Morgan fingerprint density at radius 3 is 2.50 bits per heavy atom. The number of rotatable bonds is 7. The molecule has 0 saturated carbocycles. The van der Waals surface area contributed by atoms with Gasteiger partial charge in [-0.2, -0.15) is 0 Å². The van der Waals surface area contributed by atoms with Crippen molar-refractivity contribution >= 4 is 33.2 Å². The number of halogens is 1. The van der Waals surface area contributed by atoms with E-state index < -0.39 is 0 Å². The molecule has 2 aromatic carbocycles. The summed E-state index contributed by atoms with van der Waals surface area (Å²) in [6.45, 7) is 2.50. The minimum absolute atomic E-state index is 0.0560. The number of anilines is 2. The lowest BCUT2D eigenvalue weighted by Gasteiger charge is -2.13. The Balaban J connectivity index is 1.88. The molecule has 5 nitrogen and oxygen atoms in total. The molecule has 128 valence electrons. The zero-order valence-electron chi connectivity index (χ0n) is 14.0. The lowest BCUT2D eigenvalue weighted by atomic mass is 10.2. The maximum Gasteiger partial charge on any atom is 0.226 e. The molecule has 0 saturated heterocycles. The zero-order valence-corrected chi connectivity index (χ0v) is 15.6. The van der Waals surface area contributed by atoms with Crippen molar-refractivity contribution in [3.8, 4) is 11.5 Å². The Hall–Kier alpha value is -2.21. The molecule has 2 rings (SSSR count). The summed E-state index contributed by atoms with van der Waals surface area (Å²) in [5, 5.41) is 6.10. The van der Waals surface area contributed by atoms with E-state index in [0.717, 1.165) is 27.2 Å². The van der Waals surface area contributed by atoms with Crippen LogP contribution in [0, 0.1) is 6.92 Å². The highest BCUT2D eigenvalue weighted by atomic mass is 79.9. The summed E-state index contributed by atoms with van der Waals surface area (Å²) >= 11 is 3.45. The SMILES string of the molecule is COc1ccc(NCCC(=O)Nc2ccc(C)cc2Br)c(OC)c1. The molecule has 6 heteroatoms. The van der Waals surface area contributed by atoms with E-state index in [0.29, 0.717) is 18.7 Å². The largest absolute Gasteiger partial charge is 0.497 e. The van der Waals surface area contributed by atoms with Crippen molar-refractivity contribution in [3.63, 3.8) is 0 Å². The van der Waals surface area contributed by atoms with Crippen LogP contribution < -0.4 is 20.1 Å². The van der Waals surface area contributed by atoms with Crippen LogP contribution in [0.3, 0.4) is 0 Å². The van der Waals surface area contributed by atoms with E-state index in [1.165, 1.54) is 0 Å². The number of hydrogen-bond donors (Lipinski definition) is 2. The van der Waals surface area contributed by atoms with Gasteiger partial charge in [0.2, 0.25) is 5.91 Å². The second kappa shape index (κ2) is 8.59. The second-order valence-corrected chi connectivity index (χ2v) is 6.13. The average molecular weight is 393 g/mol. The van der Waals surface area contributed by atoms with Crippen LogP contribution in [0.1, 0.15) is 12.0 Å².